The predicted molar refractivity (Wildman–Crippen MR) is 44.2 cm³/mol. The summed E-state index contributed by atoms with van der Waals surface area (Å²) >= 11 is 0. The number of ether oxygens (including phenoxy) is 4. The van der Waals surface area contributed by atoms with Crippen LogP contribution in [0.3, 0.4) is 0 Å². The van der Waals surface area contributed by atoms with Crippen LogP contribution >= 0.6 is 0 Å². The summed E-state index contributed by atoms with van der Waals surface area (Å²) in [6.45, 7) is 3.68. The van der Waals surface area contributed by atoms with Crippen LogP contribution in [0.25, 0.3) is 0 Å². The van der Waals surface area contributed by atoms with Gasteiger partial charge in [0.05, 0.1) is 6.10 Å². The molecule has 0 amide bonds. The Bertz CT molecular complexity index is 254. The second-order valence-corrected chi connectivity index (χ2v) is 4.43. The van der Waals surface area contributed by atoms with E-state index in [1.165, 1.54) is 0 Å². The number of hydrogen-bond donors (Lipinski definition) is 1. The van der Waals surface area contributed by atoms with Gasteiger partial charge in [-0.15, -0.1) is 0 Å². The molecule has 3 aliphatic rings. The summed E-state index contributed by atoms with van der Waals surface area (Å²) < 4.78 is 22.1. The van der Waals surface area contributed by atoms with Gasteiger partial charge in [-0.2, -0.15) is 0 Å². The van der Waals surface area contributed by atoms with E-state index in [0.717, 1.165) is 0 Å². The lowest BCUT2D eigenvalue weighted by molar-refractivity contribution is -0.210. The van der Waals surface area contributed by atoms with Gasteiger partial charge in [-0.1, -0.05) is 0 Å². The molecule has 0 spiro atoms. The van der Waals surface area contributed by atoms with E-state index in [1.807, 2.05) is 13.8 Å². The van der Waals surface area contributed by atoms with Crippen LogP contribution < -0.4 is 0 Å². The van der Waals surface area contributed by atoms with Crippen molar-refractivity contribution in [3.05, 3.63) is 0 Å². The van der Waals surface area contributed by atoms with Crippen LogP contribution in [0.2, 0.25) is 0 Å². The molecule has 0 bridgehead atoms. The number of aliphatic hydroxyl groups excluding tert-OH is 1. The van der Waals surface area contributed by atoms with Gasteiger partial charge in [0, 0.05) is 6.42 Å². The summed E-state index contributed by atoms with van der Waals surface area (Å²) in [7, 11) is 0. The lowest BCUT2D eigenvalue weighted by Crippen LogP contribution is -2.32. The maximum absolute atomic E-state index is 9.29. The molecule has 14 heavy (non-hydrogen) atoms. The molecule has 0 aromatic carbocycles. The monoisotopic (exact) mass is 202 g/mol. The summed E-state index contributed by atoms with van der Waals surface area (Å²) in [5, 5.41) is 9.29. The zero-order chi connectivity index (χ0) is 9.92. The maximum atomic E-state index is 9.29. The van der Waals surface area contributed by atoms with Gasteiger partial charge in [0.1, 0.15) is 12.2 Å². The lowest BCUT2D eigenvalue weighted by atomic mass is 10.1. The van der Waals surface area contributed by atoms with Crippen LogP contribution in [0.4, 0.5) is 0 Å². The van der Waals surface area contributed by atoms with Crippen molar-refractivity contribution in [2.24, 2.45) is 0 Å². The molecule has 0 aromatic heterocycles. The van der Waals surface area contributed by atoms with Crippen molar-refractivity contribution >= 4 is 0 Å². The van der Waals surface area contributed by atoms with Crippen molar-refractivity contribution in [1.29, 1.82) is 0 Å². The molecule has 3 saturated heterocycles. The molecule has 0 unspecified atom stereocenters. The van der Waals surface area contributed by atoms with E-state index >= 15 is 0 Å². The molecule has 1 N–H and O–H groups in total. The highest BCUT2D eigenvalue weighted by atomic mass is 16.8. The highest BCUT2D eigenvalue weighted by Gasteiger charge is 2.58. The first-order valence-corrected chi connectivity index (χ1v) is 4.90. The van der Waals surface area contributed by atoms with Crippen molar-refractivity contribution in [3.63, 3.8) is 0 Å². The molecular formula is C9H14O5. The molecule has 0 radical (unpaired) electrons. The predicted octanol–water partition coefficient (Wildman–Crippen LogP) is -0.0299. The fraction of sp³-hybridized carbons (Fsp3) is 1.00. The van der Waals surface area contributed by atoms with E-state index < -0.39 is 12.1 Å². The summed E-state index contributed by atoms with van der Waals surface area (Å²) in [6.07, 6.45) is -1.03. The Morgan fingerprint density at radius 2 is 1.93 bits per heavy atom. The van der Waals surface area contributed by atoms with E-state index in [4.69, 9.17) is 18.9 Å². The van der Waals surface area contributed by atoms with Crippen molar-refractivity contribution in [2.45, 2.75) is 56.9 Å². The average molecular weight is 202 g/mol. The third kappa shape index (κ3) is 1.20. The van der Waals surface area contributed by atoms with E-state index in [0.29, 0.717) is 6.42 Å². The van der Waals surface area contributed by atoms with Gasteiger partial charge in [0.2, 0.25) is 0 Å². The topological polar surface area (TPSA) is 57.2 Å². The summed E-state index contributed by atoms with van der Waals surface area (Å²) in [5.74, 6) is -0.614. The van der Waals surface area contributed by atoms with Gasteiger partial charge in [0.15, 0.2) is 18.4 Å². The van der Waals surface area contributed by atoms with Crippen LogP contribution in [0.1, 0.15) is 20.3 Å². The third-order valence-corrected chi connectivity index (χ3v) is 2.84. The normalized spacial score (nSPS) is 54.6. The molecule has 5 heteroatoms. The Morgan fingerprint density at radius 1 is 1.14 bits per heavy atom. The van der Waals surface area contributed by atoms with Crippen molar-refractivity contribution in [3.8, 4) is 0 Å². The van der Waals surface area contributed by atoms with E-state index in [1.54, 1.807) is 0 Å². The molecule has 3 heterocycles. The van der Waals surface area contributed by atoms with Gasteiger partial charge in [-0.3, -0.25) is 0 Å². The number of aliphatic hydroxyl groups is 1. The van der Waals surface area contributed by atoms with Gasteiger partial charge in [0.25, 0.3) is 0 Å². The van der Waals surface area contributed by atoms with Gasteiger partial charge < -0.3 is 24.1 Å². The van der Waals surface area contributed by atoms with Crippen LogP contribution in [-0.4, -0.2) is 41.8 Å². The minimum Gasteiger partial charge on any atom is -0.368 e. The minimum atomic E-state index is -0.724. The Hall–Kier alpha value is -0.200. The van der Waals surface area contributed by atoms with Crippen molar-refractivity contribution in [2.75, 3.05) is 0 Å². The molecule has 0 aromatic rings. The van der Waals surface area contributed by atoms with E-state index in [2.05, 4.69) is 0 Å². The first kappa shape index (κ1) is 9.06. The highest BCUT2D eigenvalue weighted by molar-refractivity contribution is 4.97. The number of fused-ring (bicyclic) bond motifs is 3. The smallest absolute Gasteiger partial charge is 0.190 e. The molecule has 5 atom stereocenters. The van der Waals surface area contributed by atoms with Gasteiger partial charge in [-0.05, 0) is 13.8 Å². The third-order valence-electron chi connectivity index (χ3n) is 2.84. The fourth-order valence-electron chi connectivity index (χ4n) is 2.34. The Balaban J connectivity index is 1.78. The summed E-state index contributed by atoms with van der Waals surface area (Å²) in [5.41, 5.74) is 0. The van der Waals surface area contributed by atoms with Gasteiger partial charge in [-0.25, -0.2) is 0 Å². The van der Waals surface area contributed by atoms with Crippen molar-refractivity contribution in [1.82, 2.24) is 0 Å². The summed E-state index contributed by atoms with van der Waals surface area (Å²) in [6, 6.07) is 0. The Kier molecular flexibility index (Phi) is 1.73. The second kappa shape index (κ2) is 2.68. The number of hydrogen-bond acceptors (Lipinski definition) is 5. The van der Waals surface area contributed by atoms with Crippen LogP contribution in [0.15, 0.2) is 0 Å². The molecular weight excluding hydrogens is 188 g/mol. The second-order valence-electron chi connectivity index (χ2n) is 4.43. The van der Waals surface area contributed by atoms with Crippen molar-refractivity contribution < 1.29 is 24.1 Å². The molecule has 3 fully saturated rings. The van der Waals surface area contributed by atoms with Crippen LogP contribution in [-0.2, 0) is 18.9 Å². The van der Waals surface area contributed by atoms with E-state index in [9.17, 15) is 5.11 Å². The highest BCUT2D eigenvalue weighted by Crippen LogP contribution is 2.42. The zero-order valence-electron chi connectivity index (χ0n) is 8.17. The largest absolute Gasteiger partial charge is 0.368 e. The lowest BCUT2D eigenvalue weighted by Gasteiger charge is -2.20. The molecule has 0 aliphatic carbocycles. The first-order valence-electron chi connectivity index (χ1n) is 4.90. The average Bonchev–Trinajstić information content (AvgIpc) is 2.58. The van der Waals surface area contributed by atoms with Crippen LogP contribution in [0.5, 0.6) is 0 Å². The molecule has 3 rings (SSSR count). The first-order chi connectivity index (χ1) is 6.55. The van der Waals surface area contributed by atoms with Gasteiger partial charge >= 0.3 is 0 Å². The quantitative estimate of drug-likeness (QED) is 0.597. The SMILES string of the molecule is CC1(C)O[C@H]2O[C@@H]3C[C@@H](O)O[C@@H]3[C@H]2O1. The standard InChI is InChI=1S/C9H14O5/c1-9(2)13-7-6-4(3-5(10)12-6)11-8(7)14-9/h4-8,10H,3H2,1-2H3/t4-,5+,6+,7-,8-/m1/s1. The molecule has 3 aliphatic heterocycles. The zero-order valence-corrected chi connectivity index (χ0v) is 8.17. The maximum Gasteiger partial charge on any atom is 0.190 e. The molecule has 0 saturated carbocycles. The molecule has 80 valence electrons. The summed E-state index contributed by atoms with van der Waals surface area (Å²) in [4.78, 5) is 0. The minimum absolute atomic E-state index is 0.0869. The molecule has 5 nitrogen and oxygen atoms in total. The fourth-order valence-corrected chi connectivity index (χ4v) is 2.34. The Morgan fingerprint density at radius 3 is 2.71 bits per heavy atom. The van der Waals surface area contributed by atoms with Crippen LogP contribution in [0, 0.1) is 0 Å². The number of rotatable bonds is 0. The van der Waals surface area contributed by atoms with E-state index in [-0.39, 0.29) is 24.6 Å². The Labute approximate surface area is 81.9 Å².